The zero-order valence-electron chi connectivity index (χ0n) is 15.1. The number of nitrogen functional groups attached to an aromatic ring is 1. The molecule has 1 aromatic heterocycles. The highest BCUT2D eigenvalue weighted by Crippen LogP contribution is 2.39. The van der Waals surface area contributed by atoms with Crippen LogP contribution in [0.1, 0.15) is 20.8 Å². The fraction of sp³-hybridized carbons (Fsp3) is 0.100. The Morgan fingerprint density at radius 3 is 2.43 bits per heavy atom. The summed E-state index contributed by atoms with van der Waals surface area (Å²) in [6, 6.07) is 13.8. The van der Waals surface area contributed by atoms with E-state index in [-0.39, 0.29) is 17.0 Å². The predicted octanol–water partition coefficient (Wildman–Crippen LogP) is 4.85. The van der Waals surface area contributed by atoms with Crippen molar-refractivity contribution in [2.45, 2.75) is 0 Å². The second-order valence-corrected chi connectivity index (χ2v) is 7.15. The molecule has 1 heterocycles. The largest absolute Gasteiger partial charge is 0.493 e. The lowest BCUT2D eigenvalue weighted by Crippen LogP contribution is -2.02. The maximum atomic E-state index is 12.8. The second kappa shape index (κ2) is 8.21. The van der Waals surface area contributed by atoms with Gasteiger partial charge >= 0.3 is 0 Å². The lowest BCUT2D eigenvalue weighted by molar-refractivity contribution is 0.104. The van der Waals surface area contributed by atoms with Crippen LogP contribution in [0.15, 0.2) is 42.5 Å². The topological polar surface area (TPSA) is 97.4 Å². The second-order valence-electron chi connectivity index (χ2n) is 5.69. The number of halogens is 1. The summed E-state index contributed by atoms with van der Waals surface area (Å²) in [5.74, 6) is 0.849. The van der Waals surface area contributed by atoms with Gasteiger partial charge in [-0.2, -0.15) is 5.26 Å². The first-order valence-electron chi connectivity index (χ1n) is 8.10. The van der Waals surface area contributed by atoms with Crippen molar-refractivity contribution >= 4 is 45.1 Å². The zero-order chi connectivity index (χ0) is 20.3. The van der Waals surface area contributed by atoms with Crippen LogP contribution in [0.5, 0.6) is 11.5 Å². The van der Waals surface area contributed by atoms with Crippen molar-refractivity contribution in [2.24, 2.45) is 0 Å². The molecule has 0 saturated carbocycles. The number of nitrogens with one attached hydrogen (secondary N) is 1. The average molecular weight is 414 g/mol. The summed E-state index contributed by atoms with van der Waals surface area (Å²) in [4.78, 5) is 13.1. The van der Waals surface area contributed by atoms with E-state index in [4.69, 9.17) is 26.8 Å². The van der Waals surface area contributed by atoms with E-state index in [9.17, 15) is 10.1 Å². The van der Waals surface area contributed by atoms with E-state index < -0.39 is 0 Å². The van der Waals surface area contributed by atoms with Crippen LogP contribution in [-0.4, -0.2) is 20.0 Å². The van der Waals surface area contributed by atoms with Crippen molar-refractivity contribution in [1.82, 2.24) is 0 Å². The molecule has 0 aliphatic carbocycles. The summed E-state index contributed by atoms with van der Waals surface area (Å²) in [7, 11) is 3.09. The summed E-state index contributed by atoms with van der Waals surface area (Å²) in [6.07, 6.45) is 0. The molecule has 6 nitrogen and oxygen atoms in total. The van der Waals surface area contributed by atoms with Crippen LogP contribution in [0, 0.1) is 11.3 Å². The highest BCUT2D eigenvalue weighted by atomic mass is 35.5. The summed E-state index contributed by atoms with van der Waals surface area (Å²) in [5, 5.41) is 13.7. The van der Waals surface area contributed by atoms with Crippen LogP contribution in [0.2, 0.25) is 5.02 Å². The molecule has 0 aliphatic heterocycles. The van der Waals surface area contributed by atoms with Crippen LogP contribution in [0.4, 0.5) is 16.4 Å². The summed E-state index contributed by atoms with van der Waals surface area (Å²) < 4.78 is 10.5. The van der Waals surface area contributed by atoms with E-state index in [0.29, 0.717) is 37.7 Å². The minimum Gasteiger partial charge on any atom is -0.493 e. The molecule has 3 rings (SSSR count). The molecule has 0 fully saturated rings. The van der Waals surface area contributed by atoms with Gasteiger partial charge in [0.2, 0.25) is 5.78 Å². The third kappa shape index (κ3) is 3.74. The summed E-state index contributed by atoms with van der Waals surface area (Å²) >= 11 is 7.00. The molecule has 28 heavy (non-hydrogen) atoms. The molecule has 2 aromatic carbocycles. The van der Waals surface area contributed by atoms with Crippen molar-refractivity contribution in [3.8, 4) is 17.6 Å². The predicted molar refractivity (Wildman–Crippen MR) is 111 cm³/mol. The fourth-order valence-electron chi connectivity index (χ4n) is 2.59. The van der Waals surface area contributed by atoms with Crippen molar-refractivity contribution in [1.29, 1.82) is 5.26 Å². The molecule has 0 saturated heterocycles. The Hall–Kier alpha value is -3.21. The van der Waals surface area contributed by atoms with E-state index in [1.54, 1.807) is 49.6 Å². The lowest BCUT2D eigenvalue weighted by atomic mass is 10.1. The molecule has 0 unspecified atom stereocenters. The van der Waals surface area contributed by atoms with E-state index >= 15 is 0 Å². The Labute approximate surface area is 171 Å². The highest BCUT2D eigenvalue weighted by molar-refractivity contribution is 7.19. The van der Waals surface area contributed by atoms with Crippen molar-refractivity contribution in [3.63, 3.8) is 0 Å². The number of thiophene rings is 1. The summed E-state index contributed by atoms with van der Waals surface area (Å²) in [6.45, 7) is 0. The van der Waals surface area contributed by atoms with Gasteiger partial charge in [-0.1, -0.05) is 11.6 Å². The molecule has 0 amide bonds. The van der Waals surface area contributed by atoms with Gasteiger partial charge in [0.1, 0.15) is 21.5 Å². The number of ketones is 1. The number of methoxy groups -OCH3 is 2. The minimum absolute atomic E-state index is 0.149. The Morgan fingerprint density at radius 2 is 1.82 bits per heavy atom. The average Bonchev–Trinajstić information content (AvgIpc) is 3.02. The van der Waals surface area contributed by atoms with E-state index in [2.05, 4.69) is 11.4 Å². The van der Waals surface area contributed by atoms with E-state index in [1.165, 1.54) is 7.11 Å². The van der Waals surface area contributed by atoms with E-state index in [1.807, 2.05) is 0 Å². The molecule has 3 aromatic rings. The Kier molecular flexibility index (Phi) is 5.73. The Balaban J connectivity index is 1.97. The van der Waals surface area contributed by atoms with Crippen molar-refractivity contribution in [3.05, 3.63) is 63.5 Å². The maximum Gasteiger partial charge on any atom is 0.205 e. The number of rotatable bonds is 6. The van der Waals surface area contributed by atoms with Crippen molar-refractivity contribution < 1.29 is 14.3 Å². The van der Waals surface area contributed by atoms with Crippen molar-refractivity contribution in [2.75, 3.05) is 25.3 Å². The summed E-state index contributed by atoms with van der Waals surface area (Å²) in [5.41, 5.74) is 7.57. The molecular weight excluding hydrogens is 398 g/mol. The van der Waals surface area contributed by atoms with Crippen LogP contribution in [0.3, 0.4) is 0 Å². The maximum absolute atomic E-state index is 12.8. The minimum atomic E-state index is -0.268. The third-order valence-corrected chi connectivity index (χ3v) is 5.38. The molecule has 0 atom stereocenters. The normalized spacial score (nSPS) is 10.2. The quantitative estimate of drug-likeness (QED) is 0.561. The number of nitriles is 1. The molecular formula is C20H16ClN3O3S. The number of carbonyl (C=O) groups is 1. The van der Waals surface area contributed by atoms with Gasteiger partial charge in [0.15, 0.2) is 11.5 Å². The number of hydrogen-bond acceptors (Lipinski definition) is 7. The molecule has 3 N–H and O–H groups in total. The fourth-order valence-corrected chi connectivity index (χ4v) is 3.77. The number of carbonyl (C=O) groups excluding carboxylic acids is 1. The van der Waals surface area contributed by atoms with Gasteiger partial charge in [-0.05, 0) is 36.4 Å². The lowest BCUT2D eigenvalue weighted by Gasteiger charge is -2.10. The first-order valence-corrected chi connectivity index (χ1v) is 9.29. The number of hydrogen-bond donors (Lipinski definition) is 2. The third-order valence-electron chi connectivity index (χ3n) is 4.01. The van der Waals surface area contributed by atoms with Gasteiger partial charge in [0.05, 0.1) is 19.9 Å². The van der Waals surface area contributed by atoms with Crippen LogP contribution in [0.25, 0.3) is 0 Å². The van der Waals surface area contributed by atoms with Gasteiger partial charge in [0, 0.05) is 22.3 Å². The van der Waals surface area contributed by atoms with E-state index in [0.717, 1.165) is 11.3 Å². The number of ether oxygens (including phenoxy) is 2. The SMILES string of the molecule is COc1ccc(Nc2sc(C(=O)c3ccc(Cl)cc3)c(N)c2C#N)cc1OC. The van der Waals surface area contributed by atoms with Gasteiger partial charge in [-0.15, -0.1) is 11.3 Å². The number of benzene rings is 2. The van der Waals surface area contributed by atoms with Crippen LogP contribution < -0.4 is 20.5 Å². The van der Waals surface area contributed by atoms with Gasteiger partial charge < -0.3 is 20.5 Å². The Morgan fingerprint density at radius 1 is 1.14 bits per heavy atom. The molecule has 0 bridgehead atoms. The molecule has 142 valence electrons. The molecule has 0 spiro atoms. The first kappa shape index (κ1) is 19.5. The van der Waals surface area contributed by atoms with Gasteiger partial charge in [-0.3, -0.25) is 4.79 Å². The van der Waals surface area contributed by atoms with Crippen LogP contribution >= 0.6 is 22.9 Å². The van der Waals surface area contributed by atoms with Crippen LogP contribution in [-0.2, 0) is 0 Å². The zero-order valence-corrected chi connectivity index (χ0v) is 16.6. The van der Waals surface area contributed by atoms with Gasteiger partial charge in [-0.25, -0.2) is 0 Å². The van der Waals surface area contributed by atoms with Gasteiger partial charge in [0.25, 0.3) is 0 Å². The number of nitrogens with two attached hydrogens (primary N) is 1. The smallest absolute Gasteiger partial charge is 0.205 e. The number of anilines is 3. The monoisotopic (exact) mass is 413 g/mol. The Bertz CT molecular complexity index is 1070. The standard InChI is InChI=1S/C20H16ClN3O3S/c1-26-15-8-7-13(9-16(15)27-2)24-20-14(10-22)17(23)19(28-20)18(25)11-3-5-12(21)6-4-11/h3-9,24H,23H2,1-2H3. The molecule has 8 heteroatoms. The molecule has 0 radical (unpaired) electrons. The molecule has 0 aliphatic rings. The first-order chi connectivity index (χ1) is 13.5. The highest BCUT2D eigenvalue weighted by Gasteiger charge is 2.22. The number of nitrogens with zero attached hydrogens (tertiary/aromatic N) is 1.